The van der Waals surface area contributed by atoms with E-state index in [1.165, 1.54) is 0 Å². The van der Waals surface area contributed by atoms with Gasteiger partial charge in [0.1, 0.15) is 5.75 Å². The van der Waals surface area contributed by atoms with Crippen molar-refractivity contribution in [2.45, 2.75) is 6.92 Å². The summed E-state index contributed by atoms with van der Waals surface area (Å²) in [5.41, 5.74) is 6.55. The van der Waals surface area contributed by atoms with Crippen LogP contribution >= 0.6 is 0 Å². The molecule has 0 fully saturated rings. The number of anilines is 3. The van der Waals surface area contributed by atoms with Crippen molar-refractivity contribution >= 4 is 28.0 Å². The molecule has 0 aliphatic carbocycles. The lowest BCUT2D eigenvalue weighted by molar-refractivity contribution is 0.415. The first-order valence-electron chi connectivity index (χ1n) is 10.5. The second-order valence-corrected chi connectivity index (χ2v) is 8.30. The molecule has 0 spiro atoms. The molecule has 0 saturated carbocycles. The lowest BCUT2D eigenvalue weighted by Crippen LogP contribution is -2.37. The van der Waals surface area contributed by atoms with E-state index in [2.05, 4.69) is 28.0 Å². The van der Waals surface area contributed by atoms with Gasteiger partial charge in [0.15, 0.2) is 0 Å². The number of aromatic nitrogens is 4. The molecule has 1 aliphatic heterocycles. The predicted octanol–water partition coefficient (Wildman–Crippen LogP) is 3.24. The van der Waals surface area contributed by atoms with Crippen LogP contribution < -0.4 is 20.1 Å². The fourth-order valence-electron chi connectivity index (χ4n) is 4.42. The Bertz CT molecular complexity index is 1400. The Morgan fingerprint density at radius 1 is 0.969 bits per heavy atom. The number of benzene rings is 1. The van der Waals surface area contributed by atoms with Gasteiger partial charge >= 0.3 is 0 Å². The van der Waals surface area contributed by atoms with Crippen LogP contribution in [0.25, 0.3) is 22.2 Å². The average Bonchev–Trinajstić information content (AvgIpc) is 3.24. The third kappa shape index (κ3) is 3.10. The van der Waals surface area contributed by atoms with E-state index < -0.39 is 0 Å². The van der Waals surface area contributed by atoms with E-state index in [0.717, 1.165) is 52.3 Å². The van der Waals surface area contributed by atoms with Crippen molar-refractivity contribution in [3.63, 3.8) is 0 Å². The highest BCUT2D eigenvalue weighted by Gasteiger charge is 2.25. The molecule has 5 rings (SSSR count). The molecule has 3 aromatic heterocycles. The molecule has 4 aromatic rings. The molecule has 4 heterocycles. The maximum absolute atomic E-state index is 12.6. The van der Waals surface area contributed by atoms with E-state index in [4.69, 9.17) is 9.72 Å². The zero-order valence-electron chi connectivity index (χ0n) is 19.0. The standard InChI is InChI=1S/C24H26N6O2/c1-15-8-18-20(29(4)24(15)31)9-17(32-5)10-21(18)30-7-6-27(2)22-11-19(25-13-23(22)30)16-12-26-28(3)14-16/h8-14H,6-7H2,1-5H3. The Balaban J connectivity index is 1.72. The van der Waals surface area contributed by atoms with Crippen LogP contribution in [0.1, 0.15) is 5.56 Å². The number of rotatable bonds is 3. The third-order valence-electron chi connectivity index (χ3n) is 6.22. The van der Waals surface area contributed by atoms with Crippen LogP contribution in [0.15, 0.2) is 47.7 Å². The summed E-state index contributed by atoms with van der Waals surface area (Å²) >= 11 is 0. The largest absolute Gasteiger partial charge is 0.497 e. The smallest absolute Gasteiger partial charge is 0.253 e. The van der Waals surface area contributed by atoms with Gasteiger partial charge in [0, 0.05) is 69.1 Å². The van der Waals surface area contributed by atoms with Crippen molar-refractivity contribution in [3.8, 4) is 17.0 Å². The molecule has 32 heavy (non-hydrogen) atoms. The molecule has 8 nitrogen and oxygen atoms in total. The molecule has 1 aliphatic rings. The molecule has 0 amide bonds. The van der Waals surface area contributed by atoms with Gasteiger partial charge in [0.2, 0.25) is 0 Å². The number of likely N-dealkylation sites (N-methyl/N-ethyl adjacent to an activating group) is 1. The maximum Gasteiger partial charge on any atom is 0.253 e. The number of methoxy groups -OCH3 is 1. The number of aryl methyl sites for hydroxylation is 3. The van der Waals surface area contributed by atoms with E-state index in [1.54, 1.807) is 23.4 Å². The van der Waals surface area contributed by atoms with E-state index in [-0.39, 0.29) is 5.56 Å². The Morgan fingerprint density at radius 3 is 2.50 bits per heavy atom. The van der Waals surface area contributed by atoms with E-state index in [9.17, 15) is 4.79 Å². The number of pyridine rings is 2. The predicted molar refractivity (Wildman–Crippen MR) is 127 cm³/mol. The summed E-state index contributed by atoms with van der Waals surface area (Å²) in [6, 6.07) is 8.04. The van der Waals surface area contributed by atoms with Gasteiger partial charge in [0.05, 0.1) is 47.8 Å². The van der Waals surface area contributed by atoms with Gasteiger partial charge in [-0.15, -0.1) is 0 Å². The number of fused-ring (bicyclic) bond motifs is 2. The van der Waals surface area contributed by atoms with Crippen molar-refractivity contribution in [2.75, 3.05) is 37.0 Å². The number of hydrogen-bond donors (Lipinski definition) is 0. The third-order valence-corrected chi connectivity index (χ3v) is 6.22. The summed E-state index contributed by atoms with van der Waals surface area (Å²) in [7, 11) is 7.46. The van der Waals surface area contributed by atoms with Crippen molar-refractivity contribution < 1.29 is 4.74 Å². The molecule has 0 saturated heterocycles. The fourth-order valence-corrected chi connectivity index (χ4v) is 4.42. The zero-order chi connectivity index (χ0) is 22.6. The van der Waals surface area contributed by atoms with Gasteiger partial charge in [-0.05, 0) is 19.1 Å². The molecule has 0 radical (unpaired) electrons. The normalized spacial score (nSPS) is 13.5. The Labute approximate surface area is 186 Å². The van der Waals surface area contributed by atoms with Crippen LogP contribution in [0.4, 0.5) is 17.1 Å². The van der Waals surface area contributed by atoms with Crippen molar-refractivity contribution in [2.24, 2.45) is 14.1 Å². The number of ether oxygens (including phenoxy) is 1. The summed E-state index contributed by atoms with van der Waals surface area (Å²) < 4.78 is 9.06. The van der Waals surface area contributed by atoms with E-state index in [1.807, 2.05) is 50.8 Å². The van der Waals surface area contributed by atoms with E-state index >= 15 is 0 Å². The van der Waals surface area contributed by atoms with Gasteiger partial charge in [-0.25, -0.2) is 0 Å². The van der Waals surface area contributed by atoms with Crippen LogP contribution in [0.3, 0.4) is 0 Å². The minimum absolute atomic E-state index is 0.00161. The summed E-state index contributed by atoms with van der Waals surface area (Å²) in [6.45, 7) is 3.50. The Hall–Kier alpha value is -3.81. The van der Waals surface area contributed by atoms with Crippen LogP contribution in [-0.4, -0.2) is 46.6 Å². The summed E-state index contributed by atoms with van der Waals surface area (Å²) in [6.07, 6.45) is 5.72. The molecular formula is C24H26N6O2. The first-order valence-corrected chi connectivity index (χ1v) is 10.5. The SMILES string of the molecule is COc1cc(N2CCN(C)c3cc(-c4cnn(C)c4)ncc32)c2cc(C)c(=O)n(C)c2c1. The van der Waals surface area contributed by atoms with Gasteiger partial charge < -0.3 is 19.1 Å². The van der Waals surface area contributed by atoms with Gasteiger partial charge in [-0.2, -0.15) is 5.10 Å². The molecule has 1 aromatic carbocycles. The highest BCUT2D eigenvalue weighted by molar-refractivity contribution is 5.98. The van der Waals surface area contributed by atoms with E-state index in [0.29, 0.717) is 11.3 Å². The lowest BCUT2D eigenvalue weighted by atomic mass is 10.1. The number of hydrogen-bond acceptors (Lipinski definition) is 6. The van der Waals surface area contributed by atoms with Crippen molar-refractivity contribution in [3.05, 3.63) is 58.8 Å². The first kappa shape index (κ1) is 20.1. The van der Waals surface area contributed by atoms with Crippen molar-refractivity contribution in [1.29, 1.82) is 0 Å². The summed E-state index contributed by atoms with van der Waals surface area (Å²) in [5, 5.41) is 5.29. The minimum Gasteiger partial charge on any atom is -0.497 e. The van der Waals surface area contributed by atoms with Gasteiger partial charge in [-0.3, -0.25) is 14.5 Å². The number of nitrogens with zero attached hydrogens (tertiary/aromatic N) is 6. The second kappa shape index (κ2) is 7.40. The van der Waals surface area contributed by atoms with Crippen molar-refractivity contribution in [1.82, 2.24) is 19.3 Å². The lowest BCUT2D eigenvalue weighted by Gasteiger charge is -2.37. The first-order chi connectivity index (χ1) is 15.4. The molecule has 164 valence electrons. The van der Waals surface area contributed by atoms with Crippen LogP contribution in [-0.2, 0) is 14.1 Å². The highest BCUT2D eigenvalue weighted by Crippen LogP contribution is 2.42. The van der Waals surface area contributed by atoms with Gasteiger partial charge in [-0.1, -0.05) is 0 Å². The maximum atomic E-state index is 12.6. The van der Waals surface area contributed by atoms with Crippen LogP contribution in [0, 0.1) is 6.92 Å². The average molecular weight is 431 g/mol. The Kier molecular flexibility index (Phi) is 4.65. The van der Waals surface area contributed by atoms with Crippen LogP contribution in [0.2, 0.25) is 0 Å². The topological polar surface area (TPSA) is 68.4 Å². The fraction of sp³-hybridized carbons (Fsp3) is 0.292. The molecular weight excluding hydrogens is 404 g/mol. The molecule has 0 atom stereocenters. The summed E-state index contributed by atoms with van der Waals surface area (Å²) in [4.78, 5) is 21.8. The Morgan fingerprint density at radius 2 is 1.78 bits per heavy atom. The molecule has 0 bridgehead atoms. The van der Waals surface area contributed by atoms with Gasteiger partial charge in [0.25, 0.3) is 5.56 Å². The molecule has 0 unspecified atom stereocenters. The molecule has 8 heteroatoms. The minimum atomic E-state index is -0.00161. The zero-order valence-corrected chi connectivity index (χ0v) is 19.0. The second-order valence-electron chi connectivity index (χ2n) is 8.30. The highest BCUT2D eigenvalue weighted by atomic mass is 16.5. The summed E-state index contributed by atoms with van der Waals surface area (Å²) in [5.74, 6) is 0.715. The molecule has 0 N–H and O–H groups in total. The van der Waals surface area contributed by atoms with Crippen LogP contribution in [0.5, 0.6) is 5.75 Å². The monoisotopic (exact) mass is 430 g/mol. The quantitative estimate of drug-likeness (QED) is 0.497.